The Kier molecular flexibility index (Phi) is 5.25. The lowest BCUT2D eigenvalue weighted by Crippen LogP contribution is -2.48. The molecule has 1 aliphatic rings. The number of amides is 2. The number of rotatable bonds is 2. The zero-order chi connectivity index (χ0) is 20.6. The number of hydrogen-bond donors (Lipinski definition) is 1. The quantitative estimate of drug-likeness (QED) is 0.778. The van der Waals surface area contributed by atoms with Crippen molar-refractivity contribution in [2.45, 2.75) is 45.1 Å². The summed E-state index contributed by atoms with van der Waals surface area (Å²) in [6.45, 7) is 4.65. The minimum absolute atomic E-state index is 0.0285. The van der Waals surface area contributed by atoms with Crippen LogP contribution in [0.2, 0.25) is 0 Å². The predicted octanol–water partition coefficient (Wildman–Crippen LogP) is 2.93. The van der Waals surface area contributed by atoms with Crippen molar-refractivity contribution in [1.29, 1.82) is 0 Å². The number of carbonyl (C=O) groups is 3. The number of hydrogen-bond acceptors (Lipinski definition) is 6. The highest BCUT2D eigenvalue weighted by molar-refractivity contribution is 6.00. The van der Waals surface area contributed by atoms with Crippen LogP contribution in [0.4, 0.5) is 28.4 Å². The van der Waals surface area contributed by atoms with Gasteiger partial charge in [0.05, 0.1) is 11.3 Å². The highest BCUT2D eigenvalue weighted by Crippen LogP contribution is 2.36. The summed E-state index contributed by atoms with van der Waals surface area (Å²) >= 11 is 0. The Bertz CT molecular complexity index is 772. The van der Waals surface area contributed by atoms with Gasteiger partial charge >= 0.3 is 24.3 Å². The van der Waals surface area contributed by atoms with Gasteiger partial charge in [0.2, 0.25) is 0 Å². The van der Waals surface area contributed by atoms with Crippen LogP contribution >= 0.6 is 0 Å². The van der Waals surface area contributed by atoms with Crippen molar-refractivity contribution in [3.05, 3.63) is 29.3 Å². The molecule has 1 unspecified atom stereocenters. The van der Waals surface area contributed by atoms with Crippen LogP contribution in [0.1, 0.15) is 31.9 Å². The van der Waals surface area contributed by atoms with Crippen molar-refractivity contribution in [2.75, 3.05) is 5.06 Å². The number of anilines is 1. The summed E-state index contributed by atoms with van der Waals surface area (Å²) in [6, 6.07) is 2.47. The van der Waals surface area contributed by atoms with Gasteiger partial charge < -0.3 is 15.2 Å². The molecule has 1 heterocycles. The van der Waals surface area contributed by atoms with Crippen LogP contribution in [-0.4, -0.2) is 29.9 Å². The first kappa shape index (κ1) is 20.3. The molecule has 0 bridgehead atoms. The topological polar surface area (TPSA) is 108 Å². The molecule has 11 heteroatoms. The van der Waals surface area contributed by atoms with Gasteiger partial charge in [-0.15, -0.1) is 5.06 Å². The Balaban J connectivity index is 2.41. The number of carbonyl (C=O) groups excluding carboxylic acids is 3. The lowest BCUT2D eigenvalue weighted by atomic mass is 9.98. The molecule has 2 rings (SSSR count). The average molecular weight is 390 g/mol. The molecule has 0 saturated heterocycles. The second-order valence-corrected chi connectivity index (χ2v) is 6.66. The number of primary amides is 1. The van der Waals surface area contributed by atoms with E-state index in [1.54, 1.807) is 20.8 Å². The largest absolute Gasteiger partial charge is 0.534 e. The molecule has 148 valence electrons. The Morgan fingerprint density at radius 2 is 1.85 bits per heavy atom. The zero-order valence-corrected chi connectivity index (χ0v) is 14.6. The molecule has 2 N–H and O–H groups in total. The fourth-order valence-electron chi connectivity index (χ4n) is 2.33. The zero-order valence-electron chi connectivity index (χ0n) is 14.6. The fourth-order valence-corrected chi connectivity index (χ4v) is 2.33. The predicted molar refractivity (Wildman–Crippen MR) is 84.4 cm³/mol. The van der Waals surface area contributed by atoms with Gasteiger partial charge in [0.25, 0.3) is 0 Å². The molecule has 0 saturated carbocycles. The maximum Gasteiger partial charge on any atom is 0.534 e. The van der Waals surface area contributed by atoms with Gasteiger partial charge in [0.1, 0.15) is 5.60 Å². The van der Waals surface area contributed by atoms with Crippen LogP contribution in [0.25, 0.3) is 0 Å². The summed E-state index contributed by atoms with van der Waals surface area (Å²) in [5, 5.41) is 0.431. The summed E-state index contributed by atoms with van der Waals surface area (Å²) < 4.78 is 48.4. The first-order valence-electron chi connectivity index (χ1n) is 7.69. The highest BCUT2D eigenvalue weighted by Gasteiger charge is 2.40. The molecule has 1 atom stereocenters. The molecule has 1 aliphatic heterocycles. The summed E-state index contributed by atoms with van der Waals surface area (Å²) in [4.78, 5) is 40.2. The van der Waals surface area contributed by atoms with E-state index in [1.165, 1.54) is 0 Å². The molecule has 0 spiro atoms. The maximum absolute atomic E-state index is 12.9. The smallest absolute Gasteiger partial charge is 0.436 e. The third kappa shape index (κ3) is 5.02. The van der Waals surface area contributed by atoms with Crippen molar-refractivity contribution in [1.82, 2.24) is 0 Å². The second kappa shape index (κ2) is 6.97. The number of halogens is 3. The maximum atomic E-state index is 12.9. The summed E-state index contributed by atoms with van der Waals surface area (Å²) in [6.07, 6.45) is -9.12. The first-order chi connectivity index (χ1) is 12.3. The normalized spacial score (nSPS) is 17.2. The van der Waals surface area contributed by atoms with E-state index in [0.717, 1.165) is 18.2 Å². The number of hydroxylamine groups is 1. The number of fused-ring (bicyclic) bond motifs is 1. The summed E-state index contributed by atoms with van der Waals surface area (Å²) in [5.74, 6) is -0.994. The average Bonchev–Trinajstić information content (AvgIpc) is 2.47. The Morgan fingerprint density at radius 1 is 1.22 bits per heavy atom. The van der Waals surface area contributed by atoms with Crippen LogP contribution < -0.4 is 10.8 Å². The van der Waals surface area contributed by atoms with Crippen LogP contribution in [0.3, 0.4) is 0 Å². The highest BCUT2D eigenvalue weighted by atomic mass is 19.4. The van der Waals surface area contributed by atoms with Crippen LogP contribution in [0.15, 0.2) is 18.2 Å². The van der Waals surface area contributed by atoms with Crippen LogP contribution in [-0.2, 0) is 31.7 Å². The van der Waals surface area contributed by atoms with Crippen LogP contribution in [0.5, 0.6) is 0 Å². The number of benzene rings is 1. The lowest BCUT2D eigenvalue weighted by molar-refractivity contribution is -0.137. The molecule has 27 heavy (non-hydrogen) atoms. The minimum Gasteiger partial charge on any atom is -0.436 e. The molecule has 2 amide bonds. The van der Waals surface area contributed by atoms with E-state index in [1.807, 2.05) is 0 Å². The van der Waals surface area contributed by atoms with Crippen molar-refractivity contribution in [3.8, 4) is 0 Å². The van der Waals surface area contributed by atoms with Crippen molar-refractivity contribution in [2.24, 2.45) is 5.73 Å². The van der Waals surface area contributed by atoms with Gasteiger partial charge in [0.15, 0.2) is 6.10 Å². The molecule has 1 aromatic carbocycles. The molecule has 1 aromatic rings. The monoisotopic (exact) mass is 390 g/mol. The Labute approximate surface area is 151 Å². The standard InChI is InChI=1S/C16H17F3N2O6/c1-15(2,3)26-14(24)27-21-10-5-4-9(16(17,18)19)6-8(10)7-11(12(21)22)25-13(20)23/h4-6,11H,7H2,1-3H3,(H2,20,23). The number of ether oxygens (including phenoxy) is 2. The van der Waals surface area contributed by atoms with E-state index in [0.29, 0.717) is 5.06 Å². The van der Waals surface area contributed by atoms with E-state index in [9.17, 15) is 27.6 Å². The van der Waals surface area contributed by atoms with Gasteiger partial charge in [0, 0.05) is 6.42 Å². The molecule has 0 fully saturated rings. The van der Waals surface area contributed by atoms with Gasteiger partial charge in [-0.2, -0.15) is 13.2 Å². The first-order valence-corrected chi connectivity index (χ1v) is 7.69. The second-order valence-electron chi connectivity index (χ2n) is 6.66. The van der Waals surface area contributed by atoms with E-state index in [4.69, 9.17) is 15.3 Å². The molecule has 8 nitrogen and oxygen atoms in total. The van der Waals surface area contributed by atoms with Crippen molar-refractivity contribution >= 4 is 23.8 Å². The summed E-state index contributed by atoms with van der Waals surface area (Å²) in [7, 11) is 0. The number of nitrogens with two attached hydrogens (primary N) is 1. The van der Waals surface area contributed by atoms with Crippen molar-refractivity contribution in [3.63, 3.8) is 0 Å². The third-order valence-electron chi connectivity index (χ3n) is 3.32. The molecule has 0 aliphatic carbocycles. The number of nitrogens with zero attached hydrogens (tertiary/aromatic N) is 1. The van der Waals surface area contributed by atoms with Gasteiger partial charge in [-0.25, -0.2) is 9.59 Å². The molecule has 0 radical (unpaired) electrons. The minimum atomic E-state index is -4.63. The molecular formula is C16H17F3N2O6. The van der Waals surface area contributed by atoms with Gasteiger partial charge in [-0.05, 0) is 44.5 Å². The van der Waals surface area contributed by atoms with Gasteiger partial charge in [-0.3, -0.25) is 9.63 Å². The van der Waals surface area contributed by atoms with Crippen molar-refractivity contribution < 1.29 is 41.9 Å². The molecule has 0 aromatic heterocycles. The van der Waals surface area contributed by atoms with E-state index in [-0.39, 0.29) is 17.7 Å². The van der Waals surface area contributed by atoms with E-state index in [2.05, 4.69) is 4.74 Å². The fraction of sp³-hybridized carbons (Fsp3) is 0.438. The van der Waals surface area contributed by atoms with E-state index >= 15 is 0 Å². The van der Waals surface area contributed by atoms with Gasteiger partial charge in [-0.1, -0.05) is 0 Å². The Morgan fingerprint density at radius 3 is 2.37 bits per heavy atom. The molecular weight excluding hydrogens is 373 g/mol. The summed E-state index contributed by atoms with van der Waals surface area (Å²) in [5.41, 5.74) is 2.83. The Hall–Kier alpha value is -2.98. The number of alkyl halides is 3. The lowest BCUT2D eigenvalue weighted by Gasteiger charge is -2.32. The third-order valence-corrected chi connectivity index (χ3v) is 3.32. The van der Waals surface area contributed by atoms with Crippen LogP contribution in [0, 0.1) is 0 Å². The van der Waals surface area contributed by atoms with E-state index < -0.39 is 41.6 Å². The SMILES string of the molecule is CC(C)(C)OC(=O)ON1C(=O)C(OC(N)=O)Cc2cc(C(F)(F)F)ccc21.